The first kappa shape index (κ1) is 20.7. The van der Waals surface area contributed by atoms with E-state index in [2.05, 4.69) is 20.1 Å². The maximum absolute atomic E-state index is 13.3. The minimum Gasteiger partial charge on any atom is -0.325 e. The van der Waals surface area contributed by atoms with E-state index in [1.54, 1.807) is 0 Å². The summed E-state index contributed by atoms with van der Waals surface area (Å²) in [6.07, 6.45) is 6.08. The van der Waals surface area contributed by atoms with Crippen molar-refractivity contribution < 1.29 is 4.79 Å². The molecule has 4 rings (SSSR count). The van der Waals surface area contributed by atoms with Crippen molar-refractivity contribution in [3.63, 3.8) is 0 Å². The fraction of sp³-hybridized carbons (Fsp3) is 0.375. The molecule has 6 heteroatoms. The number of hydrogen-bond acceptors (Lipinski definition) is 4. The van der Waals surface area contributed by atoms with Crippen molar-refractivity contribution in [2.45, 2.75) is 62.4 Å². The van der Waals surface area contributed by atoms with Gasteiger partial charge in [0.15, 0.2) is 5.16 Å². The highest BCUT2D eigenvalue weighted by molar-refractivity contribution is 8.00. The Labute approximate surface area is 182 Å². The zero-order chi connectivity index (χ0) is 20.9. The summed E-state index contributed by atoms with van der Waals surface area (Å²) in [7, 11) is 0. The highest BCUT2D eigenvalue weighted by Crippen LogP contribution is 2.39. The van der Waals surface area contributed by atoms with Crippen molar-refractivity contribution in [1.29, 1.82) is 0 Å². The second-order valence-corrected chi connectivity index (χ2v) is 9.03. The van der Waals surface area contributed by atoms with Gasteiger partial charge in [0.1, 0.15) is 11.1 Å². The highest BCUT2D eigenvalue weighted by atomic mass is 32.2. The Morgan fingerprint density at radius 3 is 2.40 bits per heavy atom. The van der Waals surface area contributed by atoms with E-state index in [1.807, 2.05) is 68.4 Å². The Morgan fingerprint density at radius 1 is 1.00 bits per heavy atom. The average molecular weight is 421 g/mol. The smallest absolute Gasteiger partial charge is 0.242 e. The van der Waals surface area contributed by atoms with E-state index in [0.717, 1.165) is 40.6 Å². The van der Waals surface area contributed by atoms with Gasteiger partial charge in [0.2, 0.25) is 5.91 Å². The SMILES string of the molecule is Cc1ccc(NC(=O)C(Sc2nnc(C)n2C2CCCCC2)c2ccccc2)cc1. The summed E-state index contributed by atoms with van der Waals surface area (Å²) >= 11 is 1.49. The third kappa shape index (κ3) is 4.75. The van der Waals surface area contributed by atoms with E-state index in [0.29, 0.717) is 6.04 Å². The summed E-state index contributed by atoms with van der Waals surface area (Å²) in [4.78, 5) is 13.3. The lowest BCUT2D eigenvalue weighted by molar-refractivity contribution is -0.115. The van der Waals surface area contributed by atoms with Gasteiger partial charge in [-0.25, -0.2) is 0 Å². The maximum Gasteiger partial charge on any atom is 0.242 e. The summed E-state index contributed by atoms with van der Waals surface area (Å²) in [5.41, 5.74) is 2.93. The highest BCUT2D eigenvalue weighted by Gasteiger charge is 2.28. The second kappa shape index (κ2) is 9.47. The number of amides is 1. The minimum atomic E-state index is -0.404. The molecule has 0 spiro atoms. The number of thioether (sulfide) groups is 1. The number of carbonyl (C=O) groups excluding carboxylic acids is 1. The van der Waals surface area contributed by atoms with Gasteiger partial charge in [0, 0.05) is 11.7 Å². The first-order chi connectivity index (χ1) is 14.6. The monoisotopic (exact) mass is 420 g/mol. The van der Waals surface area contributed by atoms with E-state index in [1.165, 1.54) is 31.0 Å². The quantitative estimate of drug-likeness (QED) is 0.507. The Morgan fingerprint density at radius 2 is 1.70 bits per heavy atom. The van der Waals surface area contributed by atoms with E-state index in [9.17, 15) is 4.79 Å². The van der Waals surface area contributed by atoms with Crippen LogP contribution in [0.15, 0.2) is 59.8 Å². The molecule has 1 fully saturated rings. The van der Waals surface area contributed by atoms with Crippen LogP contribution in [0, 0.1) is 13.8 Å². The van der Waals surface area contributed by atoms with Crippen molar-refractivity contribution in [3.8, 4) is 0 Å². The molecular weight excluding hydrogens is 392 g/mol. The maximum atomic E-state index is 13.3. The molecule has 30 heavy (non-hydrogen) atoms. The normalized spacial score (nSPS) is 15.7. The Kier molecular flexibility index (Phi) is 6.53. The van der Waals surface area contributed by atoms with Crippen molar-refractivity contribution in [2.24, 2.45) is 0 Å². The summed E-state index contributed by atoms with van der Waals surface area (Å²) in [6, 6.07) is 18.2. The molecular formula is C24H28N4OS. The third-order valence-corrected chi connectivity index (χ3v) is 6.87. The molecule has 0 aliphatic heterocycles. The van der Waals surface area contributed by atoms with Gasteiger partial charge in [0.25, 0.3) is 0 Å². The summed E-state index contributed by atoms with van der Waals surface area (Å²) < 4.78 is 2.25. The van der Waals surface area contributed by atoms with E-state index in [-0.39, 0.29) is 5.91 Å². The van der Waals surface area contributed by atoms with Crippen LogP contribution in [0.1, 0.15) is 60.3 Å². The number of anilines is 1. The number of benzene rings is 2. The molecule has 1 aliphatic rings. The number of nitrogens with one attached hydrogen (secondary N) is 1. The fourth-order valence-electron chi connectivity index (χ4n) is 4.04. The predicted molar refractivity (Wildman–Crippen MR) is 122 cm³/mol. The molecule has 0 radical (unpaired) electrons. The van der Waals surface area contributed by atoms with Crippen LogP contribution < -0.4 is 5.32 Å². The zero-order valence-electron chi connectivity index (χ0n) is 17.5. The van der Waals surface area contributed by atoms with Crippen molar-refractivity contribution >= 4 is 23.4 Å². The standard InChI is InChI=1S/C24H28N4OS/c1-17-13-15-20(16-14-17)25-23(29)22(19-9-5-3-6-10-19)30-24-27-26-18(2)28(24)21-11-7-4-8-12-21/h3,5-6,9-10,13-16,21-22H,4,7-8,11-12H2,1-2H3,(H,25,29). The minimum absolute atomic E-state index is 0.0501. The van der Waals surface area contributed by atoms with Gasteiger partial charge in [0.05, 0.1) is 0 Å². The first-order valence-electron chi connectivity index (χ1n) is 10.6. The molecule has 5 nitrogen and oxygen atoms in total. The van der Waals surface area contributed by atoms with Crippen LogP contribution in [0.2, 0.25) is 0 Å². The molecule has 2 aromatic carbocycles. The van der Waals surface area contributed by atoms with Crippen LogP contribution in [0.4, 0.5) is 5.69 Å². The van der Waals surface area contributed by atoms with Gasteiger partial charge < -0.3 is 9.88 Å². The number of rotatable bonds is 6. The number of aryl methyl sites for hydroxylation is 2. The van der Waals surface area contributed by atoms with E-state index < -0.39 is 5.25 Å². The molecule has 1 saturated carbocycles. The van der Waals surface area contributed by atoms with Gasteiger partial charge >= 0.3 is 0 Å². The van der Waals surface area contributed by atoms with Crippen LogP contribution >= 0.6 is 11.8 Å². The average Bonchev–Trinajstić information content (AvgIpc) is 3.15. The molecule has 1 N–H and O–H groups in total. The Bertz CT molecular complexity index is 978. The molecule has 3 aromatic rings. The molecule has 1 atom stereocenters. The van der Waals surface area contributed by atoms with E-state index in [4.69, 9.17) is 0 Å². The topological polar surface area (TPSA) is 59.8 Å². The van der Waals surface area contributed by atoms with Gasteiger partial charge in [-0.15, -0.1) is 10.2 Å². The van der Waals surface area contributed by atoms with Crippen LogP contribution in [-0.2, 0) is 4.79 Å². The van der Waals surface area contributed by atoms with Gasteiger partial charge in [-0.05, 0) is 44.4 Å². The van der Waals surface area contributed by atoms with Crippen LogP contribution in [0.25, 0.3) is 0 Å². The van der Waals surface area contributed by atoms with Crippen molar-refractivity contribution in [1.82, 2.24) is 14.8 Å². The van der Waals surface area contributed by atoms with Gasteiger partial charge in [-0.3, -0.25) is 4.79 Å². The fourth-order valence-corrected chi connectivity index (χ4v) is 5.19. The molecule has 1 aromatic heterocycles. The summed E-state index contributed by atoms with van der Waals surface area (Å²) in [5.74, 6) is 0.876. The molecule has 0 saturated heterocycles. The predicted octanol–water partition coefficient (Wildman–Crippen LogP) is 5.87. The van der Waals surface area contributed by atoms with E-state index >= 15 is 0 Å². The zero-order valence-corrected chi connectivity index (χ0v) is 18.4. The molecule has 1 aliphatic carbocycles. The summed E-state index contributed by atoms with van der Waals surface area (Å²) in [6.45, 7) is 4.05. The number of nitrogens with zero attached hydrogens (tertiary/aromatic N) is 3. The second-order valence-electron chi connectivity index (χ2n) is 7.96. The number of carbonyl (C=O) groups is 1. The third-order valence-electron chi connectivity index (χ3n) is 5.66. The lowest BCUT2D eigenvalue weighted by Gasteiger charge is -2.26. The molecule has 1 amide bonds. The lowest BCUT2D eigenvalue weighted by atomic mass is 9.95. The van der Waals surface area contributed by atoms with Crippen LogP contribution in [-0.4, -0.2) is 20.7 Å². The molecule has 156 valence electrons. The number of aromatic nitrogens is 3. The largest absolute Gasteiger partial charge is 0.325 e. The van der Waals surface area contributed by atoms with Crippen molar-refractivity contribution in [2.75, 3.05) is 5.32 Å². The molecule has 1 unspecified atom stereocenters. The van der Waals surface area contributed by atoms with Gasteiger partial charge in [-0.2, -0.15) is 0 Å². The number of hydrogen-bond donors (Lipinski definition) is 1. The van der Waals surface area contributed by atoms with Gasteiger partial charge in [-0.1, -0.05) is 79.1 Å². The Hall–Kier alpha value is -2.60. The van der Waals surface area contributed by atoms with Crippen LogP contribution in [0.5, 0.6) is 0 Å². The first-order valence-corrected chi connectivity index (χ1v) is 11.5. The van der Waals surface area contributed by atoms with Crippen LogP contribution in [0.3, 0.4) is 0 Å². The summed E-state index contributed by atoms with van der Waals surface area (Å²) in [5, 5.41) is 12.3. The molecule has 0 bridgehead atoms. The van der Waals surface area contributed by atoms with Crippen molar-refractivity contribution in [3.05, 3.63) is 71.5 Å². The molecule has 1 heterocycles. The Balaban J connectivity index is 1.61. The lowest BCUT2D eigenvalue weighted by Crippen LogP contribution is -2.20.